The highest BCUT2D eigenvalue weighted by Crippen LogP contribution is 2.37. The zero-order chi connectivity index (χ0) is 18.9. The van der Waals surface area contributed by atoms with Crippen LogP contribution in [0.3, 0.4) is 0 Å². The summed E-state index contributed by atoms with van der Waals surface area (Å²) in [6, 6.07) is 6.77. The first-order valence-electron chi connectivity index (χ1n) is 7.46. The molecule has 10 heteroatoms. The second-order valence-electron chi connectivity index (χ2n) is 5.46. The number of sulfonamides is 1. The molecule has 1 heterocycles. The van der Waals surface area contributed by atoms with Crippen molar-refractivity contribution in [1.29, 1.82) is 0 Å². The van der Waals surface area contributed by atoms with Crippen molar-refractivity contribution in [2.75, 3.05) is 17.9 Å². The van der Waals surface area contributed by atoms with Crippen molar-refractivity contribution in [3.05, 3.63) is 47.0 Å². The monoisotopic (exact) mass is 407 g/mol. The summed E-state index contributed by atoms with van der Waals surface area (Å²) < 4.78 is 76.7. The lowest BCUT2D eigenvalue weighted by atomic mass is 10.2. The van der Waals surface area contributed by atoms with Gasteiger partial charge < -0.3 is 9.47 Å². The largest absolute Gasteiger partial charge is 0.490 e. The van der Waals surface area contributed by atoms with Crippen LogP contribution >= 0.6 is 11.6 Å². The van der Waals surface area contributed by atoms with Crippen molar-refractivity contribution in [1.82, 2.24) is 0 Å². The Kier molecular flexibility index (Phi) is 4.94. The van der Waals surface area contributed by atoms with E-state index in [9.17, 15) is 21.6 Å². The number of hydrogen-bond acceptors (Lipinski definition) is 4. The van der Waals surface area contributed by atoms with Crippen LogP contribution in [0.15, 0.2) is 41.3 Å². The number of fused-ring (bicyclic) bond motifs is 1. The first-order valence-corrected chi connectivity index (χ1v) is 9.32. The number of halogens is 4. The smallest absolute Gasteiger partial charge is 0.417 e. The molecule has 0 fully saturated rings. The molecule has 1 aliphatic rings. The van der Waals surface area contributed by atoms with Crippen LogP contribution in [0, 0.1) is 0 Å². The van der Waals surface area contributed by atoms with Gasteiger partial charge in [0.25, 0.3) is 10.0 Å². The molecule has 0 aliphatic carbocycles. The zero-order valence-corrected chi connectivity index (χ0v) is 14.7. The minimum absolute atomic E-state index is 0.162. The van der Waals surface area contributed by atoms with E-state index in [2.05, 4.69) is 4.72 Å². The molecule has 0 saturated carbocycles. The first kappa shape index (κ1) is 18.7. The summed E-state index contributed by atoms with van der Waals surface area (Å²) >= 11 is 5.54. The number of rotatable bonds is 3. The van der Waals surface area contributed by atoms with Crippen LogP contribution < -0.4 is 14.2 Å². The van der Waals surface area contributed by atoms with Gasteiger partial charge in [-0.3, -0.25) is 4.72 Å². The Bertz CT molecular complexity index is 932. The third-order valence-electron chi connectivity index (χ3n) is 3.55. The van der Waals surface area contributed by atoms with Gasteiger partial charge in [-0.1, -0.05) is 11.6 Å². The second-order valence-corrected chi connectivity index (χ2v) is 7.55. The van der Waals surface area contributed by atoms with Crippen LogP contribution in [0.5, 0.6) is 11.5 Å². The van der Waals surface area contributed by atoms with Gasteiger partial charge in [0.05, 0.1) is 28.7 Å². The minimum atomic E-state index is -4.70. The molecule has 0 bridgehead atoms. The van der Waals surface area contributed by atoms with E-state index in [0.717, 1.165) is 12.1 Å². The molecule has 0 aromatic heterocycles. The summed E-state index contributed by atoms with van der Waals surface area (Å²) in [5.74, 6) is 0.671. The second kappa shape index (κ2) is 6.88. The molecular weight excluding hydrogens is 395 g/mol. The molecule has 1 N–H and O–H groups in total. The van der Waals surface area contributed by atoms with E-state index in [1.165, 1.54) is 18.2 Å². The van der Waals surface area contributed by atoms with E-state index in [0.29, 0.717) is 31.5 Å². The summed E-state index contributed by atoms with van der Waals surface area (Å²) in [7, 11) is -4.13. The topological polar surface area (TPSA) is 64.6 Å². The quantitative estimate of drug-likeness (QED) is 0.823. The Morgan fingerprint density at radius 2 is 1.69 bits per heavy atom. The van der Waals surface area contributed by atoms with E-state index < -0.39 is 26.8 Å². The summed E-state index contributed by atoms with van der Waals surface area (Å²) in [5, 5.41) is -0.518. The fraction of sp³-hybridized carbons (Fsp3) is 0.250. The average molecular weight is 408 g/mol. The number of hydrogen-bond donors (Lipinski definition) is 1. The van der Waals surface area contributed by atoms with E-state index in [4.69, 9.17) is 21.1 Å². The zero-order valence-electron chi connectivity index (χ0n) is 13.1. The number of anilines is 1. The van der Waals surface area contributed by atoms with Crippen LogP contribution in [0.4, 0.5) is 18.9 Å². The van der Waals surface area contributed by atoms with Crippen LogP contribution in [-0.2, 0) is 16.2 Å². The lowest BCUT2D eigenvalue weighted by molar-refractivity contribution is -0.137. The summed E-state index contributed by atoms with van der Waals surface area (Å²) in [6.45, 7) is 0.818. The number of alkyl halides is 3. The minimum Gasteiger partial charge on any atom is -0.490 e. The van der Waals surface area contributed by atoms with Crippen molar-refractivity contribution in [2.45, 2.75) is 17.5 Å². The maximum Gasteiger partial charge on any atom is 0.417 e. The highest BCUT2D eigenvalue weighted by molar-refractivity contribution is 7.92. The molecule has 0 saturated heterocycles. The molecule has 140 valence electrons. The summed E-state index contributed by atoms with van der Waals surface area (Å²) in [5.41, 5.74) is -1.38. The molecule has 0 radical (unpaired) electrons. The lowest BCUT2D eigenvalue weighted by Gasteiger charge is -2.14. The Morgan fingerprint density at radius 3 is 2.38 bits per heavy atom. The molecule has 5 nitrogen and oxygen atoms in total. The summed E-state index contributed by atoms with van der Waals surface area (Å²) in [6.07, 6.45) is -4.05. The Morgan fingerprint density at radius 1 is 1.00 bits per heavy atom. The summed E-state index contributed by atoms with van der Waals surface area (Å²) in [4.78, 5) is -0.162. The van der Waals surface area contributed by atoms with Gasteiger partial charge in [0.1, 0.15) is 0 Å². The molecular formula is C16H13ClF3NO4S. The molecule has 2 aromatic rings. The van der Waals surface area contributed by atoms with Gasteiger partial charge in [-0.25, -0.2) is 8.42 Å². The Balaban J connectivity index is 1.91. The van der Waals surface area contributed by atoms with Crippen molar-refractivity contribution >= 4 is 27.3 Å². The van der Waals surface area contributed by atoms with Gasteiger partial charge in [0.15, 0.2) is 11.5 Å². The highest BCUT2D eigenvalue weighted by Gasteiger charge is 2.33. The normalized spacial score (nSPS) is 14.6. The van der Waals surface area contributed by atoms with E-state index in [1.54, 1.807) is 0 Å². The van der Waals surface area contributed by atoms with Gasteiger partial charge >= 0.3 is 6.18 Å². The van der Waals surface area contributed by atoms with Crippen LogP contribution in [-0.4, -0.2) is 21.6 Å². The first-order chi connectivity index (χ1) is 12.2. The van der Waals surface area contributed by atoms with Crippen molar-refractivity contribution in [2.24, 2.45) is 0 Å². The lowest BCUT2D eigenvalue weighted by Crippen LogP contribution is -2.14. The van der Waals surface area contributed by atoms with Crippen molar-refractivity contribution < 1.29 is 31.1 Å². The van der Waals surface area contributed by atoms with Gasteiger partial charge in [-0.15, -0.1) is 0 Å². The molecule has 26 heavy (non-hydrogen) atoms. The predicted molar refractivity (Wildman–Crippen MR) is 89.3 cm³/mol. The fourth-order valence-corrected chi connectivity index (χ4v) is 3.62. The molecule has 0 unspecified atom stereocenters. The predicted octanol–water partition coefficient (Wildman–Crippen LogP) is 4.32. The van der Waals surface area contributed by atoms with Crippen LogP contribution in [0.2, 0.25) is 5.02 Å². The van der Waals surface area contributed by atoms with E-state index in [1.807, 2.05) is 0 Å². The third-order valence-corrected chi connectivity index (χ3v) is 5.26. The van der Waals surface area contributed by atoms with Gasteiger partial charge in [0, 0.05) is 18.2 Å². The van der Waals surface area contributed by atoms with Gasteiger partial charge in [-0.05, 0) is 30.3 Å². The maximum atomic E-state index is 12.9. The Hall–Kier alpha value is -2.13. The van der Waals surface area contributed by atoms with Crippen molar-refractivity contribution in [3.8, 4) is 11.5 Å². The standard InChI is InChI=1S/C16H13ClF3NO4S/c17-13-4-2-10(8-12(13)16(18,19)20)21-26(22,23)11-3-5-14-15(9-11)25-7-1-6-24-14/h2-5,8-9,21H,1,6-7H2. The van der Waals surface area contributed by atoms with Crippen LogP contribution in [0.25, 0.3) is 0 Å². The molecule has 0 amide bonds. The number of ether oxygens (including phenoxy) is 2. The fourth-order valence-electron chi connectivity index (χ4n) is 2.33. The van der Waals surface area contributed by atoms with Crippen molar-refractivity contribution in [3.63, 3.8) is 0 Å². The SMILES string of the molecule is O=S(=O)(Nc1ccc(Cl)c(C(F)(F)F)c1)c1ccc2c(c1)OCCCO2. The molecule has 1 aliphatic heterocycles. The molecule has 3 rings (SSSR count). The average Bonchev–Trinajstić information content (AvgIpc) is 2.80. The van der Waals surface area contributed by atoms with Gasteiger partial charge in [-0.2, -0.15) is 13.2 Å². The molecule has 2 aromatic carbocycles. The highest BCUT2D eigenvalue weighted by atomic mass is 35.5. The maximum absolute atomic E-state index is 12.9. The third kappa shape index (κ3) is 3.99. The van der Waals surface area contributed by atoms with Gasteiger partial charge in [0.2, 0.25) is 0 Å². The van der Waals surface area contributed by atoms with E-state index in [-0.39, 0.29) is 16.3 Å². The molecule has 0 atom stereocenters. The van der Waals surface area contributed by atoms with Crippen LogP contribution in [0.1, 0.15) is 12.0 Å². The Labute approximate surface area is 152 Å². The number of benzene rings is 2. The van der Waals surface area contributed by atoms with E-state index >= 15 is 0 Å². The molecule has 0 spiro atoms. The number of nitrogens with one attached hydrogen (secondary N) is 1.